The molecule has 0 fully saturated rings. The first-order valence-electron chi connectivity index (χ1n) is 6.75. The second-order valence-electron chi connectivity index (χ2n) is 5.32. The standard InChI is InChI=1S/C17H20FNO/c1-11-4-7-15(18)17(8-11)20-16-10-14(9-13(3)19)6-5-12(16)2/h4-8,10,13H,9,19H2,1-3H3. The van der Waals surface area contributed by atoms with Crippen molar-refractivity contribution in [3.8, 4) is 11.5 Å². The predicted molar refractivity (Wildman–Crippen MR) is 79.7 cm³/mol. The van der Waals surface area contributed by atoms with E-state index in [-0.39, 0.29) is 17.6 Å². The molecule has 2 rings (SSSR count). The van der Waals surface area contributed by atoms with Gasteiger partial charge in [0.2, 0.25) is 0 Å². The summed E-state index contributed by atoms with van der Waals surface area (Å²) < 4.78 is 19.5. The lowest BCUT2D eigenvalue weighted by Gasteiger charge is -2.13. The van der Waals surface area contributed by atoms with E-state index >= 15 is 0 Å². The second-order valence-corrected chi connectivity index (χ2v) is 5.32. The third-order valence-corrected chi connectivity index (χ3v) is 3.12. The third-order valence-electron chi connectivity index (χ3n) is 3.12. The Morgan fingerprint density at radius 1 is 1.10 bits per heavy atom. The molecule has 0 aliphatic rings. The molecule has 0 spiro atoms. The van der Waals surface area contributed by atoms with Crippen LogP contribution in [0.25, 0.3) is 0 Å². The second kappa shape index (κ2) is 6.06. The first-order valence-corrected chi connectivity index (χ1v) is 6.75. The summed E-state index contributed by atoms with van der Waals surface area (Å²) in [6, 6.07) is 10.9. The number of rotatable bonds is 4. The molecule has 0 aromatic heterocycles. The van der Waals surface area contributed by atoms with Gasteiger partial charge in [0.25, 0.3) is 0 Å². The number of halogens is 1. The summed E-state index contributed by atoms with van der Waals surface area (Å²) in [5, 5.41) is 0. The highest BCUT2D eigenvalue weighted by molar-refractivity contribution is 5.41. The largest absolute Gasteiger partial charge is 0.454 e. The van der Waals surface area contributed by atoms with Crippen molar-refractivity contribution in [2.24, 2.45) is 5.73 Å². The van der Waals surface area contributed by atoms with Crippen LogP contribution in [-0.4, -0.2) is 6.04 Å². The number of aryl methyl sites for hydroxylation is 2. The third kappa shape index (κ3) is 3.58. The van der Waals surface area contributed by atoms with Crippen LogP contribution in [0.2, 0.25) is 0 Å². The summed E-state index contributed by atoms with van der Waals surface area (Å²) in [5.41, 5.74) is 8.83. The van der Waals surface area contributed by atoms with Crippen LogP contribution in [-0.2, 0) is 6.42 Å². The predicted octanol–water partition coefficient (Wildman–Crippen LogP) is 4.12. The Kier molecular flexibility index (Phi) is 4.40. The fraction of sp³-hybridized carbons (Fsp3) is 0.294. The Morgan fingerprint density at radius 2 is 1.85 bits per heavy atom. The smallest absolute Gasteiger partial charge is 0.165 e. The minimum absolute atomic E-state index is 0.0845. The van der Waals surface area contributed by atoms with Gasteiger partial charge in [0, 0.05) is 6.04 Å². The summed E-state index contributed by atoms with van der Waals surface area (Å²) in [5.74, 6) is 0.575. The van der Waals surface area contributed by atoms with Crippen molar-refractivity contribution in [1.29, 1.82) is 0 Å². The molecule has 3 heteroatoms. The van der Waals surface area contributed by atoms with E-state index in [2.05, 4.69) is 0 Å². The van der Waals surface area contributed by atoms with Gasteiger partial charge in [-0.3, -0.25) is 0 Å². The Morgan fingerprint density at radius 3 is 2.55 bits per heavy atom. The zero-order valence-electron chi connectivity index (χ0n) is 12.1. The lowest BCUT2D eigenvalue weighted by Crippen LogP contribution is -2.17. The molecule has 0 amide bonds. The zero-order chi connectivity index (χ0) is 14.7. The molecule has 0 heterocycles. The molecule has 0 bridgehead atoms. The highest BCUT2D eigenvalue weighted by Crippen LogP contribution is 2.29. The van der Waals surface area contributed by atoms with E-state index in [0.717, 1.165) is 23.1 Å². The molecule has 20 heavy (non-hydrogen) atoms. The highest BCUT2D eigenvalue weighted by atomic mass is 19.1. The van der Waals surface area contributed by atoms with Gasteiger partial charge in [-0.15, -0.1) is 0 Å². The minimum Gasteiger partial charge on any atom is -0.454 e. The average Bonchev–Trinajstić information content (AvgIpc) is 2.37. The van der Waals surface area contributed by atoms with E-state index in [1.165, 1.54) is 6.07 Å². The zero-order valence-corrected chi connectivity index (χ0v) is 12.1. The summed E-state index contributed by atoms with van der Waals surface area (Å²) in [6.07, 6.45) is 0.771. The van der Waals surface area contributed by atoms with Crippen LogP contribution in [0.3, 0.4) is 0 Å². The van der Waals surface area contributed by atoms with Gasteiger partial charge in [-0.1, -0.05) is 18.2 Å². The van der Waals surface area contributed by atoms with E-state index in [0.29, 0.717) is 5.75 Å². The van der Waals surface area contributed by atoms with E-state index < -0.39 is 0 Å². The molecule has 0 radical (unpaired) electrons. The van der Waals surface area contributed by atoms with Crippen molar-refractivity contribution in [3.63, 3.8) is 0 Å². The molecule has 1 atom stereocenters. The van der Waals surface area contributed by atoms with Crippen molar-refractivity contribution in [2.75, 3.05) is 0 Å². The van der Waals surface area contributed by atoms with Crippen molar-refractivity contribution >= 4 is 0 Å². The van der Waals surface area contributed by atoms with Crippen molar-refractivity contribution < 1.29 is 9.13 Å². The molecule has 0 saturated heterocycles. The van der Waals surface area contributed by atoms with Gasteiger partial charge in [-0.25, -0.2) is 4.39 Å². The molecule has 2 nitrogen and oxygen atoms in total. The molecule has 0 aliphatic carbocycles. The van der Waals surface area contributed by atoms with E-state index in [4.69, 9.17) is 10.5 Å². The SMILES string of the molecule is Cc1ccc(F)c(Oc2cc(CC(C)N)ccc2C)c1. The quantitative estimate of drug-likeness (QED) is 0.909. The normalized spacial score (nSPS) is 12.2. The molecular formula is C17H20FNO. The molecule has 2 aromatic rings. The van der Waals surface area contributed by atoms with Crippen LogP contribution in [0.15, 0.2) is 36.4 Å². The number of ether oxygens (including phenoxy) is 1. The molecule has 0 aliphatic heterocycles. The Labute approximate surface area is 119 Å². The molecule has 2 N–H and O–H groups in total. The van der Waals surface area contributed by atoms with Crippen LogP contribution >= 0.6 is 0 Å². The fourth-order valence-electron chi connectivity index (χ4n) is 2.06. The maximum absolute atomic E-state index is 13.8. The van der Waals surface area contributed by atoms with Crippen LogP contribution in [0.1, 0.15) is 23.6 Å². The van der Waals surface area contributed by atoms with Crippen molar-refractivity contribution in [3.05, 3.63) is 58.9 Å². The van der Waals surface area contributed by atoms with E-state index in [9.17, 15) is 4.39 Å². The topological polar surface area (TPSA) is 35.2 Å². The maximum Gasteiger partial charge on any atom is 0.165 e. The van der Waals surface area contributed by atoms with Gasteiger partial charge < -0.3 is 10.5 Å². The summed E-state index contributed by atoms with van der Waals surface area (Å²) >= 11 is 0. The first-order chi connectivity index (χ1) is 9.45. The molecular weight excluding hydrogens is 253 g/mol. The first kappa shape index (κ1) is 14.5. The number of benzene rings is 2. The van der Waals surface area contributed by atoms with Crippen molar-refractivity contribution in [1.82, 2.24) is 0 Å². The molecule has 106 valence electrons. The summed E-state index contributed by atoms with van der Waals surface area (Å²) in [7, 11) is 0. The van der Waals surface area contributed by atoms with Crippen LogP contribution in [0, 0.1) is 19.7 Å². The van der Waals surface area contributed by atoms with Gasteiger partial charge in [0.15, 0.2) is 11.6 Å². The van der Waals surface area contributed by atoms with Gasteiger partial charge in [0.1, 0.15) is 5.75 Å². The molecule has 2 aromatic carbocycles. The Balaban J connectivity index is 2.30. The summed E-state index contributed by atoms with van der Waals surface area (Å²) in [4.78, 5) is 0. The lowest BCUT2D eigenvalue weighted by atomic mass is 10.1. The fourth-order valence-corrected chi connectivity index (χ4v) is 2.06. The maximum atomic E-state index is 13.8. The number of nitrogens with two attached hydrogens (primary N) is 1. The molecule has 1 unspecified atom stereocenters. The monoisotopic (exact) mass is 273 g/mol. The van der Waals surface area contributed by atoms with Gasteiger partial charge in [-0.05, 0) is 62.1 Å². The van der Waals surface area contributed by atoms with Gasteiger partial charge in [-0.2, -0.15) is 0 Å². The Bertz CT molecular complexity index is 608. The number of hydrogen-bond acceptors (Lipinski definition) is 2. The van der Waals surface area contributed by atoms with Gasteiger partial charge in [0.05, 0.1) is 0 Å². The van der Waals surface area contributed by atoms with Crippen LogP contribution in [0.5, 0.6) is 11.5 Å². The van der Waals surface area contributed by atoms with E-state index in [1.54, 1.807) is 12.1 Å². The average molecular weight is 273 g/mol. The highest BCUT2D eigenvalue weighted by Gasteiger charge is 2.08. The van der Waals surface area contributed by atoms with Crippen LogP contribution in [0.4, 0.5) is 4.39 Å². The molecule has 0 saturated carbocycles. The van der Waals surface area contributed by atoms with E-state index in [1.807, 2.05) is 39.0 Å². The van der Waals surface area contributed by atoms with Crippen molar-refractivity contribution in [2.45, 2.75) is 33.2 Å². The van der Waals surface area contributed by atoms with Gasteiger partial charge >= 0.3 is 0 Å². The summed E-state index contributed by atoms with van der Waals surface area (Å²) in [6.45, 7) is 5.81. The number of hydrogen-bond donors (Lipinski definition) is 1. The van der Waals surface area contributed by atoms with Crippen LogP contribution < -0.4 is 10.5 Å². The minimum atomic E-state index is -0.354. The lowest BCUT2D eigenvalue weighted by molar-refractivity contribution is 0.438. The Hall–Kier alpha value is -1.87.